The van der Waals surface area contributed by atoms with Crippen LogP contribution in [0.4, 0.5) is 0 Å². The molecule has 1 atom stereocenters. The minimum atomic E-state index is -0.561. The van der Waals surface area contributed by atoms with E-state index in [0.29, 0.717) is 33.6 Å². The third-order valence-electron chi connectivity index (χ3n) is 3.78. The first-order chi connectivity index (χ1) is 11.0. The minimum Gasteiger partial charge on any atom is -0.466 e. The van der Waals surface area contributed by atoms with Gasteiger partial charge in [0.15, 0.2) is 5.17 Å². The lowest BCUT2D eigenvalue weighted by molar-refractivity contribution is -0.137. The number of fused-ring (bicyclic) bond motifs is 1. The second-order valence-electron chi connectivity index (χ2n) is 5.20. The van der Waals surface area contributed by atoms with Crippen LogP contribution < -0.4 is 0 Å². The molecular weight excluding hydrogens is 336 g/mol. The number of amides is 1. The maximum absolute atomic E-state index is 12.5. The Morgan fingerprint density at radius 3 is 2.96 bits per heavy atom. The number of carbonyl (C=O) groups excluding carboxylic acids is 2. The maximum Gasteiger partial charge on any atom is 0.338 e. The number of allylic oxidation sites excluding steroid dienone is 1. The molecule has 23 heavy (non-hydrogen) atoms. The third kappa shape index (κ3) is 2.88. The molecule has 0 bridgehead atoms. The van der Waals surface area contributed by atoms with Gasteiger partial charge in [0, 0.05) is 17.2 Å². The summed E-state index contributed by atoms with van der Waals surface area (Å²) in [4.78, 5) is 30.8. The molecular formula is C16H15ClN2O3S. The second-order valence-corrected chi connectivity index (χ2v) is 6.70. The molecule has 2 aliphatic rings. The molecule has 7 heteroatoms. The van der Waals surface area contributed by atoms with Crippen LogP contribution >= 0.6 is 23.4 Å². The fourth-order valence-electron chi connectivity index (χ4n) is 2.76. The highest BCUT2D eigenvalue weighted by atomic mass is 35.5. The van der Waals surface area contributed by atoms with E-state index in [4.69, 9.17) is 16.3 Å². The van der Waals surface area contributed by atoms with Crippen molar-refractivity contribution in [2.24, 2.45) is 4.99 Å². The molecule has 2 heterocycles. The summed E-state index contributed by atoms with van der Waals surface area (Å²) in [6.45, 7) is 1.76. The number of hydrogen-bond acceptors (Lipinski definition) is 5. The van der Waals surface area contributed by atoms with Gasteiger partial charge in [0.25, 0.3) is 0 Å². The normalized spacial score (nSPS) is 21.0. The van der Waals surface area contributed by atoms with Gasteiger partial charge in [-0.2, -0.15) is 0 Å². The van der Waals surface area contributed by atoms with Crippen molar-refractivity contribution in [3.63, 3.8) is 0 Å². The molecule has 1 amide bonds. The van der Waals surface area contributed by atoms with Gasteiger partial charge in [-0.05, 0) is 24.6 Å². The highest BCUT2D eigenvalue weighted by Crippen LogP contribution is 2.40. The topological polar surface area (TPSA) is 59.0 Å². The number of hydrogen-bond donors (Lipinski definition) is 0. The lowest BCUT2D eigenvalue weighted by atomic mass is 9.94. The Morgan fingerprint density at radius 2 is 2.26 bits per heavy atom. The standard InChI is InChI=1S/C16H15ClN2O3S/c1-9-13(15(21)22-2)14(10-4-3-5-11(17)8-10)19-12(20)6-7-23-16(19)18-9/h3-5,8,14H,6-7H2,1-2H3. The van der Waals surface area contributed by atoms with E-state index in [0.717, 1.165) is 5.56 Å². The molecule has 3 rings (SSSR count). The summed E-state index contributed by atoms with van der Waals surface area (Å²) in [6, 6.07) is 6.60. The number of esters is 1. The van der Waals surface area contributed by atoms with Gasteiger partial charge in [-0.3, -0.25) is 9.69 Å². The van der Waals surface area contributed by atoms with Gasteiger partial charge in [-0.25, -0.2) is 9.79 Å². The lowest BCUT2D eigenvalue weighted by Gasteiger charge is -2.38. The summed E-state index contributed by atoms with van der Waals surface area (Å²) in [5.74, 6) is 0.150. The zero-order chi connectivity index (χ0) is 16.6. The van der Waals surface area contributed by atoms with E-state index >= 15 is 0 Å². The number of rotatable bonds is 2. The Balaban J connectivity index is 2.19. The first kappa shape index (κ1) is 16.1. The van der Waals surface area contributed by atoms with Crippen LogP contribution in [0.2, 0.25) is 5.02 Å². The van der Waals surface area contributed by atoms with Crippen molar-refractivity contribution in [1.29, 1.82) is 0 Å². The van der Waals surface area contributed by atoms with Crippen LogP contribution in [0.5, 0.6) is 0 Å². The molecule has 0 aliphatic carbocycles. The predicted molar refractivity (Wildman–Crippen MR) is 90.3 cm³/mol. The van der Waals surface area contributed by atoms with E-state index in [1.54, 1.807) is 30.0 Å². The van der Waals surface area contributed by atoms with Gasteiger partial charge >= 0.3 is 5.97 Å². The smallest absolute Gasteiger partial charge is 0.338 e. The molecule has 1 unspecified atom stereocenters. The molecule has 1 fully saturated rings. The Kier molecular flexibility index (Phi) is 4.46. The molecule has 0 saturated carbocycles. The van der Waals surface area contributed by atoms with Crippen LogP contribution in [0.1, 0.15) is 24.9 Å². The average Bonchev–Trinajstić information content (AvgIpc) is 2.53. The van der Waals surface area contributed by atoms with Gasteiger partial charge in [-0.1, -0.05) is 35.5 Å². The van der Waals surface area contributed by atoms with Crippen molar-refractivity contribution < 1.29 is 14.3 Å². The molecule has 0 N–H and O–H groups in total. The number of ether oxygens (including phenoxy) is 1. The molecule has 1 aromatic rings. The number of benzene rings is 1. The molecule has 2 aliphatic heterocycles. The summed E-state index contributed by atoms with van der Waals surface area (Å²) in [6.07, 6.45) is 0.411. The zero-order valence-corrected chi connectivity index (χ0v) is 14.3. The number of halogens is 1. The summed E-state index contributed by atoms with van der Waals surface area (Å²) < 4.78 is 4.91. The molecule has 120 valence electrons. The zero-order valence-electron chi connectivity index (χ0n) is 12.7. The Bertz CT molecular complexity index is 745. The third-order valence-corrected chi connectivity index (χ3v) is 4.97. The summed E-state index contributed by atoms with van der Waals surface area (Å²) in [7, 11) is 1.32. The van der Waals surface area contributed by atoms with Crippen LogP contribution in [0.15, 0.2) is 40.5 Å². The fourth-order valence-corrected chi connectivity index (χ4v) is 3.97. The highest BCUT2D eigenvalue weighted by molar-refractivity contribution is 8.14. The minimum absolute atomic E-state index is 0.0543. The van der Waals surface area contributed by atoms with E-state index < -0.39 is 12.0 Å². The van der Waals surface area contributed by atoms with Crippen molar-refractivity contribution in [3.8, 4) is 0 Å². The first-order valence-electron chi connectivity index (χ1n) is 7.11. The molecule has 0 radical (unpaired) electrons. The van der Waals surface area contributed by atoms with E-state index in [2.05, 4.69) is 4.99 Å². The first-order valence-corrected chi connectivity index (χ1v) is 8.47. The van der Waals surface area contributed by atoms with Crippen LogP contribution in [0, 0.1) is 0 Å². The largest absolute Gasteiger partial charge is 0.466 e. The van der Waals surface area contributed by atoms with Gasteiger partial charge < -0.3 is 4.74 Å². The fraction of sp³-hybridized carbons (Fsp3) is 0.312. The van der Waals surface area contributed by atoms with Crippen molar-refractivity contribution >= 4 is 40.4 Å². The van der Waals surface area contributed by atoms with E-state index in [9.17, 15) is 9.59 Å². The van der Waals surface area contributed by atoms with Crippen LogP contribution in [0.3, 0.4) is 0 Å². The Hall–Kier alpha value is -1.79. The van der Waals surface area contributed by atoms with E-state index in [1.807, 2.05) is 6.07 Å². The number of amidine groups is 1. The van der Waals surface area contributed by atoms with Crippen molar-refractivity contribution in [2.45, 2.75) is 19.4 Å². The van der Waals surface area contributed by atoms with Gasteiger partial charge in [0.1, 0.15) is 0 Å². The number of methoxy groups -OCH3 is 1. The molecule has 0 aromatic heterocycles. The lowest BCUT2D eigenvalue weighted by Crippen LogP contribution is -2.45. The molecule has 5 nitrogen and oxygen atoms in total. The van der Waals surface area contributed by atoms with Gasteiger partial charge in [-0.15, -0.1) is 0 Å². The molecule has 0 spiro atoms. The Labute approximate surface area is 143 Å². The average molecular weight is 351 g/mol. The van der Waals surface area contributed by atoms with Crippen molar-refractivity contribution in [3.05, 3.63) is 46.1 Å². The van der Waals surface area contributed by atoms with Gasteiger partial charge in [0.2, 0.25) is 5.91 Å². The highest BCUT2D eigenvalue weighted by Gasteiger charge is 2.41. The molecule has 1 saturated heterocycles. The van der Waals surface area contributed by atoms with Crippen LogP contribution in [-0.4, -0.2) is 34.8 Å². The number of nitrogens with zero attached hydrogens (tertiary/aromatic N) is 2. The van der Waals surface area contributed by atoms with Crippen molar-refractivity contribution in [2.75, 3.05) is 12.9 Å². The second kappa shape index (κ2) is 6.37. The summed E-state index contributed by atoms with van der Waals surface area (Å²) in [5, 5.41) is 1.17. The number of carbonyl (C=O) groups is 2. The number of thioether (sulfide) groups is 1. The molecule has 1 aromatic carbocycles. The van der Waals surface area contributed by atoms with Crippen LogP contribution in [0.25, 0.3) is 0 Å². The quantitative estimate of drug-likeness (QED) is 0.769. The predicted octanol–water partition coefficient (Wildman–Crippen LogP) is 3.16. The Morgan fingerprint density at radius 1 is 1.48 bits per heavy atom. The maximum atomic E-state index is 12.5. The van der Waals surface area contributed by atoms with E-state index in [1.165, 1.54) is 18.9 Å². The summed E-state index contributed by atoms with van der Waals surface area (Å²) in [5.41, 5.74) is 1.70. The summed E-state index contributed by atoms with van der Waals surface area (Å²) >= 11 is 7.62. The van der Waals surface area contributed by atoms with E-state index in [-0.39, 0.29) is 5.91 Å². The number of aliphatic imine (C=N–C) groups is 1. The van der Waals surface area contributed by atoms with Crippen LogP contribution in [-0.2, 0) is 14.3 Å². The monoisotopic (exact) mass is 350 g/mol. The van der Waals surface area contributed by atoms with Gasteiger partial charge in [0.05, 0.1) is 24.4 Å². The van der Waals surface area contributed by atoms with Crippen molar-refractivity contribution in [1.82, 2.24) is 4.90 Å². The SMILES string of the molecule is COC(=O)C1=C(C)N=C2SCCC(=O)N2C1c1cccc(Cl)c1.